The maximum Gasteiger partial charge on any atom is 0.305 e. The molecule has 0 aliphatic carbocycles. The molecule has 0 bridgehead atoms. The molecule has 0 atom stereocenters. The van der Waals surface area contributed by atoms with Crippen molar-refractivity contribution in [1.82, 2.24) is 15.2 Å². The van der Waals surface area contributed by atoms with E-state index in [-0.39, 0.29) is 21.4 Å². The van der Waals surface area contributed by atoms with Crippen LogP contribution in [0.15, 0.2) is 45.7 Å². The Morgan fingerprint density at radius 1 is 0.962 bits per heavy atom. The lowest BCUT2D eigenvalue weighted by atomic mass is 10.2. The molecule has 1 aromatic carbocycles. The van der Waals surface area contributed by atoms with Crippen molar-refractivity contribution in [2.24, 2.45) is 0 Å². The number of hydrogen-bond donors (Lipinski definition) is 2. The van der Waals surface area contributed by atoms with Crippen molar-refractivity contribution in [2.45, 2.75) is 17.7 Å². The number of hydrazine groups is 1. The molecule has 138 valence electrons. The van der Waals surface area contributed by atoms with Crippen LogP contribution in [0, 0.1) is 0 Å². The lowest BCUT2D eigenvalue weighted by Crippen LogP contribution is -2.41. The van der Waals surface area contributed by atoms with Crippen molar-refractivity contribution in [3.63, 3.8) is 0 Å². The van der Waals surface area contributed by atoms with Crippen LogP contribution in [0.3, 0.4) is 0 Å². The molecule has 2 amide bonds. The van der Waals surface area contributed by atoms with E-state index in [1.807, 2.05) is 0 Å². The Balaban J connectivity index is 1.62. The Bertz CT molecular complexity index is 918. The third-order valence-corrected chi connectivity index (χ3v) is 6.02. The van der Waals surface area contributed by atoms with E-state index in [1.54, 1.807) is 0 Å². The van der Waals surface area contributed by atoms with Crippen LogP contribution in [0.4, 0.5) is 0 Å². The largest absolute Gasteiger partial charge is 0.439 e. The van der Waals surface area contributed by atoms with Crippen LogP contribution < -0.4 is 10.9 Å². The van der Waals surface area contributed by atoms with E-state index in [0.717, 1.165) is 12.8 Å². The molecule has 10 heteroatoms. The molecule has 2 N–H and O–H groups in total. The minimum absolute atomic E-state index is 0.0521. The average Bonchev–Trinajstić information content (AvgIpc) is 3.31. The van der Waals surface area contributed by atoms with Gasteiger partial charge in [0, 0.05) is 18.7 Å². The fourth-order valence-electron chi connectivity index (χ4n) is 2.54. The van der Waals surface area contributed by atoms with Crippen LogP contribution in [0.5, 0.6) is 0 Å². The zero-order valence-corrected chi connectivity index (χ0v) is 15.1. The molecule has 1 aliphatic heterocycles. The monoisotopic (exact) mass is 397 g/mol. The molecule has 1 aromatic heterocycles. The third-order valence-electron chi connectivity index (χ3n) is 3.91. The number of furan rings is 1. The third kappa shape index (κ3) is 3.90. The summed E-state index contributed by atoms with van der Waals surface area (Å²) in [6.45, 7) is 1.01. The number of benzene rings is 1. The second-order valence-electron chi connectivity index (χ2n) is 5.65. The number of nitrogens with zero attached hydrogens (tertiary/aromatic N) is 1. The fraction of sp³-hybridized carbons (Fsp3) is 0.250. The van der Waals surface area contributed by atoms with E-state index in [4.69, 9.17) is 16.0 Å². The standard InChI is InChI=1S/C16H16ClN3O5S/c17-14-8-7-13(25-14)16(22)19-18-15(21)11-3-5-12(6-4-11)26(23,24)20-9-1-2-10-20/h3-8H,1-2,9-10H2,(H,18,21)(H,19,22). The number of halogens is 1. The normalized spacial score (nSPS) is 15.0. The Morgan fingerprint density at radius 3 is 2.15 bits per heavy atom. The topological polar surface area (TPSA) is 109 Å². The van der Waals surface area contributed by atoms with Gasteiger partial charge in [-0.2, -0.15) is 4.31 Å². The second kappa shape index (κ2) is 7.48. The van der Waals surface area contributed by atoms with Gasteiger partial charge < -0.3 is 4.42 Å². The second-order valence-corrected chi connectivity index (χ2v) is 7.96. The van der Waals surface area contributed by atoms with Crippen LogP contribution >= 0.6 is 11.6 Å². The number of nitrogens with one attached hydrogen (secondary N) is 2. The van der Waals surface area contributed by atoms with Gasteiger partial charge in [-0.3, -0.25) is 20.4 Å². The summed E-state index contributed by atoms with van der Waals surface area (Å²) in [5, 5.41) is 0.0521. The first-order valence-electron chi connectivity index (χ1n) is 7.84. The van der Waals surface area contributed by atoms with Crippen molar-refractivity contribution in [1.29, 1.82) is 0 Å². The highest BCUT2D eigenvalue weighted by Gasteiger charge is 2.27. The molecule has 1 saturated heterocycles. The molecule has 0 unspecified atom stereocenters. The maximum absolute atomic E-state index is 12.4. The van der Waals surface area contributed by atoms with E-state index >= 15 is 0 Å². The van der Waals surface area contributed by atoms with E-state index in [0.29, 0.717) is 13.1 Å². The summed E-state index contributed by atoms with van der Waals surface area (Å²) in [7, 11) is -3.53. The summed E-state index contributed by atoms with van der Waals surface area (Å²) in [4.78, 5) is 24.0. The molecule has 8 nitrogen and oxygen atoms in total. The number of rotatable bonds is 4. The molecule has 0 spiro atoms. The summed E-state index contributed by atoms with van der Waals surface area (Å²) >= 11 is 5.58. The van der Waals surface area contributed by atoms with E-state index in [1.165, 1.54) is 40.7 Å². The van der Waals surface area contributed by atoms with Gasteiger partial charge >= 0.3 is 5.91 Å². The summed E-state index contributed by atoms with van der Waals surface area (Å²) in [5.41, 5.74) is 4.60. The fourth-order valence-corrected chi connectivity index (χ4v) is 4.20. The lowest BCUT2D eigenvalue weighted by molar-refractivity contribution is 0.0831. The first kappa shape index (κ1) is 18.4. The Hall–Kier alpha value is -2.36. The number of sulfonamides is 1. The number of carbonyl (C=O) groups is 2. The first-order valence-corrected chi connectivity index (χ1v) is 9.66. The molecule has 3 rings (SSSR count). The van der Waals surface area contributed by atoms with Crippen molar-refractivity contribution >= 4 is 33.4 Å². The van der Waals surface area contributed by atoms with Gasteiger partial charge in [0.15, 0.2) is 11.0 Å². The molecule has 26 heavy (non-hydrogen) atoms. The minimum Gasteiger partial charge on any atom is -0.439 e. The Morgan fingerprint density at radius 2 is 1.58 bits per heavy atom. The first-order chi connectivity index (χ1) is 12.4. The van der Waals surface area contributed by atoms with Gasteiger partial charge in [0.05, 0.1) is 4.90 Å². The van der Waals surface area contributed by atoms with E-state index in [9.17, 15) is 18.0 Å². The zero-order valence-electron chi connectivity index (χ0n) is 13.6. The maximum atomic E-state index is 12.4. The van der Waals surface area contributed by atoms with Gasteiger partial charge in [0.1, 0.15) is 0 Å². The molecule has 2 heterocycles. The van der Waals surface area contributed by atoms with Crippen LogP contribution in [-0.2, 0) is 10.0 Å². The predicted molar refractivity (Wildman–Crippen MR) is 93.1 cm³/mol. The molecular formula is C16H16ClN3O5S. The average molecular weight is 398 g/mol. The highest BCUT2D eigenvalue weighted by Crippen LogP contribution is 2.21. The van der Waals surface area contributed by atoms with Crippen molar-refractivity contribution in [3.05, 3.63) is 52.9 Å². The van der Waals surface area contributed by atoms with Gasteiger partial charge in [0.25, 0.3) is 5.91 Å². The molecular weight excluding hydrogens is 382 g/mol. The zero-order chi connectivity index (χ0) is 18.7. The molecule has 0 saturated carbocycles. The molecule has 1 aliphatic rings. The predicted octanol–water partition coefficient (Wildman–Crippen LogP) is 1.79. The summed E-state index contributed by atoms with van der Waals surface area (Å²) in [5.74, 6) is -1.32. The molecule has 0 radical (unpaired) electrons. The Kier molecular flexibility index (Phi) is 5.30. The van der Waals surface area contributed by atoms with Crippen LogP contribution in [0.25, 0.3) is 0 Å². The number of amides is 2. The minimum atomic E-state index is -3.53. The van der Waals surface area contributed by atoms with Gasteiger partial charge in [-0.25, -0.2) is 8.42 Å². The van der Waals surface area contributed by atoms with Gasteiger partial charge in [-0.1, -0.05) is 0 Å². The molecule has 1 fully saturated rings. The van der Waals surface area contributed by atoms with Gasteiger partial charge in [-0.15, -0.1) is 0 Å². The summed E-state index contributed by atoms with van der Waals surface area (Å²) in [6.07, 6.45) is 1.70. The Labute approximate surface area is 155 Å². The SMILES string of the molecule is O=C(NNC(=O)c1ccc(Cl)o1)c1ccc(S(=O)(=O)N2CCCC2)cc1. The van der Waals surface area contributed by atoms with Crippen LogP contribution in [0.2, 0.25) is 5.22 Å². The quantitative estimate of drug-likeness (QED) is 0.764. The van der Waals surface area contributed by atoms with Crippen LogP contribution in [0.1, 0.15) is 33.8 Å². The van der Waals surface area contributed by atoms with E-state index < -0.39 is 21.8 Å². The van der Waals surface area contributed by atoms with Gasteiger partial charge in [-0.05, 0) is 60.8 Å². The van der Waals surface area contributed by atoms with Gasteiger partial charge in [0.2, 0.25) is 10.0 Å². The number of hydrogen-bond acceptors (Lipinski definition) is 5. The lowest BCUT2D eigenvalue weighted by Gasteiger charge is -2.15. The number of carbonyl (C=O) groups excluding carboxylic acids is 2. The van der Waals surface area contributed by atoms with Crippen molar-refractivity contribution in [2.75, 3.05) is 13.1 Å². The summed E-state index contributed by atoms with van der Waals surface area (Å²) < 4.78 is 31.2. The molecule has 2 aromatic rings. The smallest absolute Gasteiger partial charge is 0.305 e. The van der Waals surface area contributed by atoms with Crippen LogP contribution in [-0.4, -0.2) is 37.6 Å². The van der Waals surface area contributed by atoms with E-state index in [2.05, 4.69) is 10.9 Å². The highest BCUT2D eigenvalue weighted by molar-refractivity contribution is 7.89. The highest BCUT2D eigenvalue weighted by atomic mass is 35.5. The van der Waals surface area contributed by atoms with Crippen molar-refractivity contribution in [3.8, 4) is 0 Å². The van der Waals surface area contributed by atoms with Crippen molar-refractivity contribution < 1.29 is 22.4 Å². The summed E-state index contributed by atoms with van der Waals surface area (Å²) in [6, 6.07) is 8.27.